The molecular formula is C14H24N2S. The summed E-state index contributed by atoms with van der Waals surface area (Å²) >= 11 is 1.81. The van der Waals surface area contributed by atoms with Crippen molar-refractivity contribution in [1.29, 1.82) is 0 Å². The second-order valence-electron chi connectivity index (χ2n) is 5.52. The van der Waals surface area contributed by atoms with Crippen molar-refractivity contribution in [1.82, 2.24) is 10.3 Å². The zero-order valence-corrected chi connectivity index (χ0v) is 12.2. The first-order valence-electron chi connectivity index (χ1n) is 6.76. The molecule has 0 radical (unpaired) electrons. The molecule has 1 aliphatic rings. The number of rotatable bonds is 3. The molecule has 1 heterocycles. The summed E-state index contributed by atoms with van der Waals surface area (Å²) in [6.07, 6.45) is 5.40. The van der Waals surface area contributed by atoms with Gasteiger partial charge in [-0.3, -0.25) is 0 Å². The van der Waals surface area contributed by atoms with E-state index >= 15 is 0 Å². The highest BCUT2D eigenvalue weighted by Crippen LogP contribution is 2.27. The summed E-state index contributed by atoms with van der Waals surface area (Å²) < 4.78 is 0. The zero-order valence-electron chi connectivity index (χ0n) is 11.4. The highest BCUT2D eigenvalue weighted by atomic mass is 32.1. The van der Waals surface area contributed by atoms with Crippen LogP contribution >= 0.6 is 11.3 Å². The molecule has 1 unspecified atom stereocenters. The molecule has 0 amide bonds. The van der Waals surface area contributed by atoms with Gasteiger partial charge < -0.3 is 5.32 Å². The summed E-state index contributed by atoms with van der Waals surface area (Å²) in [5.74, 6) is 0.923. The van der Waals surface area contributed by atoms with Crippen molar-refractivity contribution in [2.75, 3.05) is 0 Å². The van der Waals surface area contributed by atoms with Crippen LogP contribution in [0.15, 0.2) is 0 Å². The van der Waals surface area contributed by atoms with Crippen LogP contribution in [0.3, 0.4) is 0 Å². The van der Waals surface area contributed by atoms with Gasteiger partial charge in [-0.2, -0.15) is 0 Å². The van der Waals surface area contributed by atoms with Crippen molar-refractivity contribution in [3.8, 4) is 0 Å². The Hall–Kier alpha value is -0.410. The van der Waals surface area contributed by atoms with Gasteiger partial charge in [-0.25, -0.2) is 4.98 Å². The van der Waals surface area contributed by atoms with Crippen LogP contribution < -0.4 is 5.32 Å². The molecule has 2 rings (SSSR count). The lowest BCUT2D eigenvalue weighted by molar-refractivity contribution is 0.290. The molecule has 1 aromatic rings. The lowest BCUT2D eigenvalue weighted by Crippen LogP contribution is -2.34. The molecule has 1 aliphatic carbocycles. The number of aryl methyl sites for hydroxylation is 2. The first-order valence-corrected chi connectivity index (χ1v) is 7.58. The third kappa shape index (κ3) is 3.29. The summed E-state index contributed by atoms with van der Waals surface area (Å²) in [6.45, 7) is 8.89. The van der Waals surface area contributed by atoms with Crippen molar-refractivity contribution >= 4 is 11.3 Å². The smallest absolute Gasteiger partial charge is 0.0900 e. The molecule has 1 N–H and O–H groups in total. The van der Waals surface area contributed by atoms with Crippen molar-refractivity contribution in [3.05, 3.63) is 15.6 Å². The molecule has 3 heteroatoms. The normalized spacial score (nSPS) is 27.1. The molecule has 2 nitrogen and oxygen atoms in total. The zero-order chi connectivity index (χ0) is 12.4. The second kappa shape index (κ2) is 5.49. The van der Waals surface area contributed by atoms with Gasteiger partial charge in [-0.15, -0.1) is 11.3 Å². The van der Waals surface area contributed by atoms with E-state index in [9.17, 15) is 0 Å². The molecule has 1 atom stereocenters. The van der Waals surface area contributed by atoms with E-state index in [1.807, 2.05) is 11.3 Å². The van der Waals surface area contributed by atoms with Crippen LogP contribution in [-0.2, 0) is 0 Å². The van der Waals surface area contributed by atoms with Crippen molar-refractivity contribution in [2.45, 2.75) is 65.5 Å². The van der Waals surface area contributed by atoms with Gasteiger partial charge >= 0.3 is 0 Å². The molecule has 0 bridgehead atoms. The Labute approximate surface area is 109 Å². The first-order chi connectivity index (χ1) is 8.06. The Kier molecular flexibility index (Phi) is 4.21. The standard InChI is InChI=1S/C14H24N2S/c1-9-5-7-13(8-6-9)15-10(2)14-11(3)17-12(4)16-14/h9-10,13,15H,5-8H2,1-4H3. The average Bonchev–Trinajstić information content (AvgIpc) is 2.61. The van der Waals surface area contributed by atoms with Gasteiger partial charge in [-0.05, 0) is 52.4 Å². The quantitative estimate of drug-likeness (QED) is 0.880. The lowest BCUT2D eigenvalue weighted by atomic mass is 9.87. The molecule has 1 fully saturated rings. The van der Waals surface area contributed by atoms with E-state index in [1.54, 1.807) is 0 Å². The maximum atomic E-state index is 4.65. The van der Waals surface area contributed by atoms with E-state index in [0.29, 0.717) is 12.1 Å². The molecule has 17 heavy (non-hydrogen) atoms. The van der Waals surface area contributed by atoms with Gasteiger partial charge in [0, 0.05) is 17.0 Å². The van der Waals surface area contributed by atoms with Crippen LogP contribution in [0, 0.1) is 19.8 Å². The number of thiazole rings is 1. The molecular weight excluding hydrogens is 228 g/mol. The van der Waals surface area contributed by atoms with Gasteiger partial charge in [0.05, 0.1) is 10.7 Å². The molecule has 0 aliphatic heterocycles. The first kappa shape index (κ1) is 13.0. The number of aromatic nitrogens is 1. The molecule has 1 aromatic heterocycles. The Morgan fingerprint density at radius 3 is 2.41 bits per heavy atom. The minimum absolute atomic E-state index is 0.401. The van der Waals surface area contributed by atoms with Crippen LogP contribution in [0.4, 0.5) is 0 Å². The maximum Gasteiger partial charge on any atom is 0.0900 e. The highest BCUT2D eigenvalue weighted by molar-refractivity contribution is 7.11. The Balaban J connectivity index is 1.93. The number of hydrogen-bond donors (Lipinski definition) is 1. The molecule has 0 aromatic carbocycles. The summed E-state index contributed by atoms with van der Waals surface area (Å²) in [6, 6.07) is 1.10. The fourth-order valence-corrected chi connectivity index (χ4v) is 3.72. The van der Waals surface area contributed by atoms with E-state index in [-0.39, 0.29) is 0 Å². The third-order valence-electron chi connectivity index (χ3n) is 3.85. The molecule has 1 saturated carbocycles. The van der Waals surface area contributed by atoms with E-state index < -0.39 is 0 Å². The van der Waals surface area contributed by atoms with Crippen LogP contribution in [-0.4, -0.2) is 11.0 Å². The van der Waals surface area contributed by atoms with E-state index in [4.69, 9.17) is 0 Å². The van der Waals surface area contributed by atoms with Gasteiger partial charge in [-0.1, -0.05) is 6.92 Å². The van der Waals surface area contributed by atoms with Crippen molar-refractivity contribution < 1.29 is 0 Å². The summed E-state index contributed by atoms with van der Waals surface area (Å²) in [5, 5.41) is 4.94. The SMILES string of the molecule is Cc1nc(C(C)NC2CCC(C)CC2)c(C)s1. The minimum Gasteiger partial charge on any atom is -0.306 e. The summed E-state index contributed by atoms with van der Waals surface area (Å²) in [7, 11) is 0. The Morgan fingerprint density at radius 1 is 1.24 bits per heavy atom. The van der Waals surface area contributed by atoms with Gasteiger partial charge in [0.25, 0.3) is 0 Å². The van der Waals surface area contributed by atoms with Gasteiger partial charge in [0.15, 0.2) is 0 Å². The maximum absolute atomic E-state index is 4.65. The van der Waals surface area contributed by atoms with E-state index in [1.165, 1.54) is 41.3 Å². The average molecular weight is 252 g/mol. The minimum atomic E-state index is 0.401. The topological polar surface area (TPSA) is 24.9 Å². The predicted molar refractivity (Wildman–Crippen MR) is 74.6 cm³/mol. The largest absolute Gasteiger partial charge is 0.306 e. The highest BCUT2D eigenvalue weighted by Gasteiger charge is 2.21. The fraction of sp³-hybridized carbons (Fsp3) is 0.786. The molecule has 96 valence electrons. The van der Waals surface area contributed by atoms with Crippen molar-refractivity contribution in [2.24, 2.45) is 5.92 Å². The van der Waals surface area contributed by atoms with Crippen LogP contribution in [0.1, 0.15) is 61.2 Å². The van der Waals surface area contributed by atoms with Crippen LogP contribution in [0.25, 0.3) is 0 Å². The second-order valence-corrected chi connectivity index (χ2v) is 6.93. The third-order valence-corrected chi connectivity index (χ3v) is 4.75. The van der Waals surface area contributed by atoms with E-state index in [0.717, 1.165) is 5.92 Å². The number of hydrogen-bond acceptors (Lipinski definition) is 3. The summed E-state index contributed by atoms with van der Waals surface area (Å²) in [5.41, 5.74) is 1.26. The Morgan fingerprint density at radius 2 is 1.88 bits per heavy atom. The predicted octanol–water partition coefficient (Wildman–Crippen LogP) is 3.99. The van der Waals surface area contributed by atoms with Crippen molar-refractivity contribution in [3.63, 3.8) is 0 Å². The fourth-order valence-electron chi connectivity index (χ4n) is 2.81. The summed E-state index contributed by atoms with van der Waals surface area (Å²) in [4.78, 5) is 6.01. The van der Waals surface area contributed by atoms with Crippen LogP contribution in [0.2, 0.25) is 0 Å². The molecule has 0 saturated heterocycles. The monoisotopic (exact) mass is 252 g/mol. The molecule has 0 spiro atoms. The number of nitrogens with zero attached hydrogens (tertiary/aromatic N) is 1. The number of nitrogens with one attached hydrogen (secondary N) is 1. The Bertz CT molecular complexity index is 364. The van der Waals surface area contributed by atoms with E-state index in [2.05, 4.69) is 38.0 Å². The van der Waals surface area contributed by atoms with Gasteiger partial charge in [0.1, 0.15) is 0 Å². The van der Waals surface area contributed by atoms with Gasteiger partial charge in [0.2, 0.25) is 0 Å². The van der Waals surface area contributed by atoms with Crippen LogP contribution in [0.5, 0.6) is 0 Å². The lowest BCUT2D eigenvalue weighted by Gasteiger charge is -2.29.